The molecule has 3 N–H and O–H groups in total. The molecule has 0 unspecified atom stereocenters. The number of para-hydroxylation sites is 2. The lowest BCUT2D eigenvalue weighted by Gasteiger charge is -2.15. The van der Waals surface area contributed by atoms with Crippen LogP contribution in [0.2, 0.25) is 0 Å². The summed E-state index contributed by atoms with van der Waals surface area (Å²) >= 11 is 1.71. The molecule has 0 aliphatic rings. The fourth-order valence-corrected chi connectivity index (χ4v) is 2.77. The molecule has 0 aliphatic heterocycles. The number of nitrogen functional groups attached to an aromatic ring is 1. The minimum Gasteiger partial charge on any atom is -0.397 e. The number of rotatable bonds is 7. The second-order valence-corrected chi connectivity index (χ2v) is 5.89. The number of amides is 1. The van der Waals surface area contributed by atoms with E-state index in [-0.39, 0.29) is 5.91 Å². The van der Waals surface area contributed by atoms with Crippen LogP contribution in [0.1, 0.15) is 18.4 Å². The number of hydrogen-bond acceptors (Lipinski definition) is 4. The van der Waals surface area contributed by atoms with Gasteiger partial charge in [0.25, 0.3) is 0 Å². The fraction of sp³-hybridized carbons (Fsp3) is 0.312. The summed E-state index contributed by atoms with van der Waals surface area (Å²) in [5, 5.41) is 7.09. The van der Waals surface area contributed by atoms with Crippen molar-refractivity contribution in [1.29, 1.82) is 0 Å². The van der Waals surface area contributed by atoms with E-state index in [2.05, 4.69) is 34.1 Å². The van der Waals surface area contributed by atoms with Crippen molar-refractivity contribution < 1.29 is 4.79 Å². The van der Waals surface area contributed by atoms with Crippen LogP contribution >= 0.6 is 11.3 Å². The molecule has 0 bridgehead atoms. The summed E-state index contributed by atoms with van der Waals surface area (Å²) in [7, 11) is 2.07. The van der Waals surface area contributed by atoms with Gasteiger partial charge in [-0.15, -0.1) is 0 Å². The Morgan fingerprint density at radius 2 is 2.14 bits per heavy atom. The number of carbonyl (C=O) groups excluding carboxylic acids is 1. The minimum absolute atomic E-state index is 0.0110. The summed E-state index contributed by atoms with van der Waals surface area (Å²) in [6.07, 6.45) is 1.33. The van der Waals surface area contributed by atoms with Crippen LogP contribution in [0, 0.1) is 0 Å². The zero-order chi connectivity index (χ0) is 15.1. The molecule has 1 aromatic carbocycles. The van der Waals surface area contributed by atoms with Crippen LogP contribution < -0.4 is 11.1 Å². The zero-order valence-corrected chi connectivity index (χ0v) is 13.0. The van der Waals surface area contributed by atoms with Gasteiger partial charge in [-0.1, -0.05) is 12.1 Å². The Balaban J connectivity index is 1.68. The molecule has 2 aromatic rings. The van der Waals surface area contributed by atoms with Crippen LogP contribution in [0.25, 0.3) is 0 Å². The fourth-order valence-electron chi connectivity index (χ4n) is 2.11. The molecule has 2 rings (SSSR count). The summed E-state index contributed by atoms with van der Waals surface area (Å²) in [5.74, 6) is 0.0110. The quantitative estimate of drug-likeness (QED) is 0.772. The minimum atomic E-state index is 0.0110. The monoisotopic (exact) mass is 303 g/mol. The molecule has 1 amide bonds. The maximum Gasteiger partial charge on any atom is 0.224 e. The lowest BCUT2D eigenvalue weighted by Crippen LogP contribution is -2.21. The molecule has 0 fully saturated rings. The van der Waals surface area contributed by atoms with E-state index in [1.807, 2.05) is 18.2 Å². The number of nitrogens with zero attached hydrogens (tertiary/aromatic N) is 1. The predicted octanol–water partition coefficient (Wildman–Crippen LogP) is 3.18. The molecule has 0 radical (unpaired) electrons. The number of carbonyl (C=O) groups is 1. The Bertz CT molecular complexity index is 569. The summed E-state index contributed by atoms with van der Waals surface area (Å²) in [6, 6.07) is 9.44. The second kappa shape index (κ2) is 7.81. The molecule has 4 nitrogen and oxygen atoms in total. The van der Waals surface area contributed by atoms with Gasteiger partial charge in [-0.2, -0.15) is 11.3 Å². The van der Waals surface area contributed by atoms with Crippen molar-refractivity contribution in [1.82, 2.24) is 4.90 Å². The van der Waals surface area contributed by atoms with E-state index in [4.69, 9.17) is 5.73 Å². The Kier molecular flexibility index (Phi) is 5.78. The number of anilines is 2. The molecule has 1 aromatic heterocycles. The third kappa shape index (κ3) is 5.21. The van der Waals surface area contributed by atoms with E-state index >= 15 is 0 Å². The normalized spacial score (nSPS) is 10.8. The van der Waals surface area contributed by atoms with Crippen LogP contribution in [-0.4, -0.2) is 24.4 Å². The molecule has 0 atom stereocenters. The number of nitrogens with one attached hydrogen (secondary N) is 1. The van der Waals surface area contributed by atoms with Gasteiger partial charge >= 0.3 is 0 Å². The third-order valence-corrected chi connectivity index (χ3v) is 3.94. The van der Waals surface area contributed by atoms with Crippen molar-refractivity contribution in [2.75, 3.05) is 24.6 Å². The van der Waals surface area contributed by atoms with E-state index in [0.717, 1.165) is 19.5 Å². The van der Waals surface area contributed by atoms with Gasteiger partial charge in [0.2, 0.25) is 5.91 Å². The van der Waals surface area contributed by atoms with E-state index in [1.54, 1.807) is 17.4 Å². The summed E-state index contributed by atoms with van der Waals surface area (Å²) in [4.78, 5) is 14.1. The first-order valence-electron chi connectivity index (χ1n) is 6.99. The highest BCUT2D eigenvalue weighted by molar-refractivity contribution is 7.07. The molecule has 112 valence electrons. The highest BCUT2D eigenvalue weighted by Crippen LogP contribution is 2.17. The maximum absolute atomic E-state index is 11.9. The van der Waals surface area contributed by atoms with Crippen molar-refractivity contribution in [2.45, 2.75) is 19.4 Å². The molecule has 0 saturated heterocycles. The Morgan fingerprint density at radius 3 is 2.86 bits per heavy atom. The van der Waals surface area contributed by atoms with Gasteiger partial charge in [0.05, 0.1) is 11.4 Å². The molecular formula is C16H21N3OS. The highest BCUT2D eigenvalue weighted by atomic mass is 32.1. The largest absolute Gasteiger partial charge is 0.397 e. The van der Waals surface area contributed by atoms with Crippen LogP contribution in [0.15, 0.2) is 41.1 Å². The van der Waals surface area contributed by atoms with Crippen molar-refractivity contribution in [3.8, 4) is 0 Å². The molecule has 1 heterocycles. The van der Waals surface area contributed by atoms with Crippen LogP contribution in [-0.2, 0) is 11.3 Å². The van der Waals surface area contributed by atoms with Gasteiger partial charge in [0, 0.05) is 13.0 Å². The van der Waals surface area contributed by atoms with Crippen molar-refractivity contribution in [2.24, 2.45) is 0 Å². The van der Waals surface area contributed by atoms with Crippen molar-refractivity contribution in [3.63, 3.8) is 0 Å². The molecule has 0 spiro atoms. The summed E-state index contributed by atoms with van der Waals surface area (Å²) < 4.78 is 0. The van der Waals surface area contributed by atoms with Crippen LogP contribution in [0.3, 0.4) is 0 Å². The maximum atomic E-state index is 11.9. The Morgan fingerprint density at radius 1 is 1.33 bits per heavy atom. The van der Waals surface area contributed by atoms with Gasteiger partial charge in [-0.25, -0.2) is 0 Å². The van der Waals surface area contributed by atoms with E-state index < -0.39 is 0 Å². The number of hydrogen-bond donors (Lipinski definition) is 2. The number of thiophene rings is 1. The Hall–Kier alpha value is -1.85. The van der Waals surface area contributed by atoms with E-state index in [0.29, 0.717) is 17.8 Å². The van der Waals surface area contributed by atoms with Gasteiger partial charge < -0.3 is 16.0 Å². The average molecular weight is 303 g/mol. The smallest absolute Gasteiger partial charge is 0.224 e. The van der Waals surface area contributed by atoms with Crippen LogP contribution in [0.4, 0.5) is 11.4 Å². The average Bonchev–Trinajstić information content (AvgIpc) is 2.94. The molecule has 5 heteroatoms. The first-order chi connectivity index (χ1) is 10.1. The highest BCUT2D eigenvalue weighted by Gasteiger charge is 2.06. The van der Waals surface area contributed by atoms with Gasteiger partial charge in [0.1, 0.15) is 0 Å². The van der Waals surface area contributed by atoms with Gasteiger partial charge in [0.15, 0.2) is 0 Å². The molecular weight excluding hydrogens is 282 g/mol. The molecule has 21 heavy (non-hydrogen) atoms. The SMILES string of the molecule is CN(CCCC(=O)Nc1ccccc1N)Cc1ccsc1. The Labute approximate surface area is 129 Å². The van der Waals surface area contributed by atoms with Crippen LogP contribution in [0.5, 0.6) is 0 Å². The second-order valence-electron chi connectivity index (χ2n) is 5.11. The summed E-state index contributed by atoms with van der Waals surface area (Å²) in [5.41, 5.74) is 8.41. The number of nitrogens with two attached hydrogens (primary N) is 1. The summed E-state index contributed by atoms with van der Waals surface area (Å²) in [6.45, 7) is 1.82. The van der Waals surface area contributed by atoms with E-state index in [1.165, 1.54) is 5.56 Å². The first kappa shape index (κ1) is 15.5. The van der Waals surface area contributed by atoms with Gasteiger partial charge in [-0.3, -0.25) is 4.79 Å². The zero-order valence-electron chi connectivity index (χ0n) is 12.2. The number of benzene rings is 1. The topological polar surface area (TPSA) is 58.4 Å². The van der Waals surface area contributed by atoms with Crippen molar-refractivity contribution >= 4 is 28.6 Å². The third-order valence-electron chi connectivity index (χ3n) is 3.21. The first-order valence-corrected chi connectivity index (χ1v) is 7.93. The van der Waals surface area contributed by atoms with E-state index in [9.17, 15) is 4.79 Å². The lowest BCUT2D eigenvalue weighted by molar-refractivity contribution is -0.116. The predicted molar refractivity (Wildman–Crippen MR) is 89.4 cm³/mol. The standard InChI is InChI=1S/C16H21N3OS/c1-19(11-13-8-10-21-12-13)9-4-7-16(20)18-15-6-3-2-5-14(15)17/h2-3,5-6,8,10,12H,4,7,9,11,17H2,1H3,(H,18,20). The lowest BCUT2D eigenvalue weighted by atomic mass is 10.2. The van der Waals surface area contributed by atoms with Gasteiger partial charge in [-0.05, 0) is 54.5 Å². The molecule has 0 aliphatic carbocycles. The van der Waals surface area contributed by atoms with Crippen molar-refractivity contribution in [3.05, 3.63) is 46.7 Å². The molecule has 0 saturated carbocycles.